The summed E-state index contributed by atoms with van der Waals surface area (Å²) in [7, 11) is 0. The molecule has 0 aromatic carbocycles. The summed E-state index contributed by atoms with van der Waals surface area (Å²) in [6, 6.07) is 0. The second-order valence-electron chi connectivity index (χ2n) is 3.52. The zero-order valence-corrected chi connectivity index (χ0v) is 15.8. The molecule has 0 aromatic heterocycles. The molecule has 4 nitrogen and oxygen atoms in total. The van der Waals surface area contributed by atoms with Crippen molar-refractivity contribution < 1.29 is 46.6 Å². The summed E-state index contributed by atoms with van der Waals surface area (Å²) in [5.74, 6) is 0. The molecule has 0 aliphatic heterocycles. The van der Waals surface area contributed by atoms with Crippen molar-refractivity contribution in [2.75, 3.05) is 26.4 Å². The van der Waals surface area contributed by atoms with Gasteiger partial charge in [0.05, 0.1) is 0 Å². The fourth-order valence-corrected chi connectivity index (χ4v) is 0.474. The van der Waals surface area contributed by atoms with Crippen molar-refractivity contribution in [2.24, 2.45) is 0 Å². The third-order valence-electron chi connectivity index (χ3n) is 1.54. The van der Waals surface area contributed by atoms with Crippen molar-refractivity contribution in [3.63, 3.8) is 0 Å². The minimum atomic E-state index is 0. The van der Waals surface area contributed by atoms with Crippen LogP contribution in [-0.2, 0) is 26.2 Å². The summed E-state index contributed by atoms with van der Waals surface area (Å²) < 4.78 is 0. The van der Waals surface area contributed by atoms with E-state index in [9.17, 15) is 0 Å². The number of hydrogen-bond acceptors (Lipinski definition) is 4. The van der Waals surface area contributed by atoms with Crippen molar-refractivity contribution in [3.8, 4) is 0 Å². The molecule has 0 amide bonds. The van der Waals surface area contributed by atoms with Crippen molar-refractivity contribution in [1.82, 2.24) is 0 Å². The van der Waals surface area contributed by atoms with E-state index in [4.69, 9.17) is 20.4 Å². The maximum absolute atomic E-state index is 8.93. The minimum Gasteiger partial charge on any atom is -0.855 e. The molecule has 120 valence electrons. The first-order chi connectivity index (χ1) is 8.66. The van der Waals surface area contributed by atoms with Crippen LogP contribution in [0.1, 0.15) is 66.2 Å². The Morgan fingerprint density at radius 1 is 0.632 bits per heavy atom. The molecule has 0 spiro atoms. The Balaban J connectivity index is -0.0000000458. The quantitative estimate of drug-likeness (QED) is 0.675. The van der Waals surface area contributed by atoms with E-state index < -0.39 is 0 Å². The molecule has 0 saturated heterocycles. The fourth-order valence-electron chi connectivity index (χ4n) is 0.474. The van der Waals surface area contributed by atoms with Crippen LogP contribution >= 0.6 is 0 Å². The molecule has 5 heteroatoms. The maximum Gasteiger partial charge on any atom is 0.0430 e. The first-order valence-electron chi connectivity index (χ1n) is 7.07. The van der Waals surface area contributed by atoms with Crippen LogP contribution in [0, 0.1) is 0 Å². The van der Waals surface area contributed by atoms with Crippen LogP contribution in [0.3, 0.4) is 0 Å². The number of unbranched alkanes of at least 4 members (excludes halogenated alkanes) is 3. The van der Waals surface area contributed by atoms with E-state index >= 15 is 0 Å². The monoisotopic (exact) mass is 357 g/mol. The molecule has 19 heavy (non-hydrogen) atoms. The van der Waals surface area contributed by atoms with Gasteiger partial charge in [-0.15, -0.1) is 6.61 Å². The van der Waals surface area contributed by atoms with Crippen LogP contribution < -0.4 is 5.11 Å². The van der Waals surface area contributed by atoms with Crippen molar-refractivity contribution in [1.29, 1.82) is 0 Å². The summed E-state index contributed by atoms with van der Waals surface area (Å²) in [5.41, 5.74) is 0. The van der Waals surface area contributed by atoms with Crippen LogP contribution in [0.2, 0.25) is 0 Å². The molecule has 0 radical (unpaired) electrons. The molecule has 0 aromatic rings. The Morgan fingerprint density at radius 2 is 0.789 bits per heavy atom. The molecular formula is C14H35O4Zr-. The molecule has 0 saturated carbocycles. The first-order valence-corrected chi connectivity index (χ1v) is 7.07. The molecule has 0 aliphatic carbocycles. The second kappa shape index (κ2) is 51.1. The summed E-state index contributed by atoms with van der Waals surface area (Å²) in [5, 5.41) is 33.1. The average molecular weight is 359 g/mol. The molecule has 0 heterocycles. The van der Waals surface area contributed by atoms with Gasteiger partial charge in [0.2, 0.25) is 0 Å². The molecule has 0 fully saturated rings. The van der Waals surface area contributed by atoms with Gasteiger partial charge in [0.1, 0.15) is 0 Å². The number of hydrogen-bond donors (Lipinski definition) is 3. The fraction of sp³-hybridized carbons (Fsp3) is 1.00. The molecule has 0 aliphatic rings. The van der Waals surface area contributed by atoms with Crippen LogP contribution in [-0.4, -0.2) is 41.7 Å². The van der Waals surface area contributed by atoms with Crippen LogP contribution in [0.4, 0.5) is 0 Å². The molecule has 3 N–H and O–H groups in total. The van der Waals surface area contributed by atoms with E-state index in [0.29, 0.717) is 19.8 Å². The SMILES string of the molecule is CCCCO.CCCCO.CCCCO.CC[O-].[Zr]. The summed E-state index contributed by atoms with van der Waals surface area (Å²) in [4.78, 5) is 0. The van der Waals surface area contributed by atoms with Crippen molar-refractivity contribution >= 4 is 0 Å². The molecule has 0 rings (SSSR count). The largest absolute Gasteiger partial charge is 0.855 e. The van der Waals surface area contributed by atoms with Gasteiger partial charge in [0.15, 0.2) is 0 Å². The van der Waals surface area contributed by atoms with Gasteiger partial charge in [-0.3, -0.25) is 0 Å². The van der Waals surface area contributed by atoms with Crippen molar-refractivity contribution in [3.05, 3.63) is 0 Å². The van der Waals surface area contributed by atoms with Gasteiger partial charge in [-0.05, 0) is 19.3 Å². The average Bonchev–Trinajstić information content (AvgIpc) is 2.35. The van der Waals surface area contributed by atoms with E-state index in [0.717, 1.165) is 38.5 Å². The van der Waals surface area contributed by atoms with Crippen molar-refractivity contribution in [2.45, 2.75) is 66.2 Å². The van der Waals surface area contributed by atoms with E-state index in [1.54, 1.807) is 6.92 Å². The van der Waals surface area contributed by atoms with E-state index in [-0.39, 0.29) is 32.8 Å². The zero-order valence-electron chi connectivity index (χ0n) is 13.3. The molecule has 0 unspecified atom stereocenters. The Kier molecular flexibility index (Phi) is 85.9. The van der Waals surface area contributed by atoms with Gasteiger partial charge >= 0.3 is 0 Å². The minimum absolute atomic E-state index is 0. The number of aliphatic hydroxyl groups is 3. The first kappa shape index (κ1) is 31.9. The van der Waals surface area contributed by atoms with Gasteiger partial charge in [-0.25, -0.2) is 0 Å². The van der Waals surface area contributed by atoms with E-state index in [2.05, 4.69) is 20.8 Å². The van der Waals surface area contributed by atoms with Gasteiger partial charge in [0, 0.05) is 46.0 Å². The predicted octanol–water partition coefficient (Wildman–Crippen LogP) is 1.70. The van der Waals surface area contributed by atoms with E-state index in [1.165, 1.54) is 0 Å². The topological polar surface area (TPSA) is 83.8 Å². The predicted molar refractivity (Wildman–Crippen MR) is 76.5 cm³/mol. The smallest absolute Gasteiger partial charge is 0.0430 e. The summed E-state index contributed by atoms with van der Waals surface area (Å²) in [6.45, 7) is 8.76. The maximum atomic E-state index is 8.93. The third-order valence-corrected chi connectivity index (χ3v) is 1.54. The van der Waals surface area contributed by atoms with Gasteiger partial charge in [-0.2, -0.15) is 0 Å². The summed E-state index contributed by atoms with van der Waals surface area (Å²) in [6.07, 6.45) is 6.11. The molecule has 0 bridgehead atoms. The van der Waals surface area contributed by atoms with Gasteiger partial charge < -0.3 is 20.4 Å². The standard InChI is InChI=1S/3C4H10O.C2H5O.Zr/c3*1-2-3-4-5;1-2-3;/h3*5H,2-4H2,1H3;2H2,1H3;/q;;;-1;. The van der Waals surface area contributed by atoms with Crippen LogP contribution in [0.5, 0.6) is 0 Å². The van der Waals surface area contributed by atoms with E-state index in [1.807, 2.05) is 0 Å². The van der Waals surface area contributed by atoms with Gasteiger partial charge in [0.25, 0.3) is 0 Å². The zero-order chi connectivity index (χ0) is 15.1. The third kappa shape index (κ3) is 116. The Labute approximate surface area is 139 Å². The molecular weight excluding hydrogens is 323 g/mol. The Morgan fingerprint density at radius 3 is 0.789 bits per heavy atom. The normalized spacial score (nSPS) is 7.58. The van der Waals surface area contributed by atoms with Crippen LogP contribution in [0.25, 0.3) is 0 Å². The Bertz CT molecular complexity index is 65.6. The molecule has 0 atom stereocenters. The van der Waals surface area contributed by atoms with Gasteiger partial charge in [-0.1, -0.05) is 47.0 Å². The van der Waals surface area contributed by atoms with Crippen LogP contribution in [0.15, 0.2) is 0 Å². The number of aliphatic hydroxyl groups excluding tert-OH is 3. The second-order valence-corrected chi connectivity index (χ2v) is 3.52. The Hall–Kier alpha value is 0.723. The summed E-state index contributed by atoms with van der Waals surface area (Å²) >= 11 is 0. The number of rotatable bonds is 6.